The Labute approximate surface area is 138 Å². The van der Waals surface area contributed by atoms with Crippen LogP contribution in [0.25, 0.3) is 6.08 Å². The summed E-state index contributed by atoms with van der Waals surface area (Å²) in [6.07, 6.45) is 3.06. The Balaban J connectivity index is 1.67. The van der Waals surface area contributed by atoms with Crippen molar-refractivity contribution in [2.75, 3.05) is 11.4 Å². The minimum absolute atomic E-state index is 0.157. The summed E-state index contributed by atoms with van der Waals surface area (Å²) >= 11 is 3.49. The molecule has 0 radical (unpaired) electrons. The quantitative estimate of drug-likeness (QED) is 0.766. The number of anilines is 1. The van der Waals surface area contributed by atoms with Crippen molar-refractivity contribution in [1.82, 2.24) is 0 Å². The highest BCUT2D eigenvalue weighted by Crippen LogP contribution is 2.41. The van der Waals surface area contributed by atoms with Crippen LogP contribution in [0.1, 0.15) is 26.4 Å². The molecule has 0 atom stereocenters. The van der Waals surface area contributed by atoms with E-state index >= 15 is 0 Å². The highest BCUT2D eigenvalue weighted by molar-refractivity contribution is 8.03. The number of carbonyl (C=O) groups excluding carboxylic acids is 1. The lowest BCUT2D eigenvalue weighted by Gasteiger charge is -2.21. The fraction of sp³-hybridized carbons (Fsp3) is 0.278. The van der Waals surface area contributed by atoms with Gasteiger partial charge in [0, 0.05) is 27.7 Å². The van der Waals surface area contributed by atoms with Crippen molar-refractivity contribution in [3.8, 4) is 0 Å². The predicted molar refractivity (Wildman–Crippen MR) is 95.6 cm³/mol. The largest absolute Gasteiger partial charge is 0.307 e. The smallest absolute Gasteiger partial charge is 0.264 e. The standard InChI is InChI=1S/C18H17NOS2/c1-11-12(2)22-16-9-17(21-10-14(11)16)18(20)19-8-7-13-5-3-4-6-15(13)19/h3-6,9H,7-8,10H2,1-2H3. The zero-order chi connectivity index (χ0) is 15.3. The van der Waals surface area contributed by atoms with Gasteiger partial charge in [-0.25, -0.2) is 0 Å². The maximum absolute atomic E-state index is 12.9. The van der Waals surface area contributed by atoms with Gasteiger partial charge in [0.1, 0.15) is 0 Å². The van der Waals surface area contributed by atoms with Crippen molar-refractivity contribution >= 4 is 40.8 Å². The summed E-state index contributed by atoms with van der Waals surface area (Å²) in [5.74, 6) is 1.07. The van der Waals surface area contributed by atoms with Gasteiger partial charge in [0.15, 0.2) is 0 Å². The number of thioether (sulfide) groups is 1. The number of fused-ring (bicyclic) bond motifs is 2. The summed E-state index contributed by atoms with van der Waals surface area (Å²) in [4.78, 5) is 18.4. The second-order valence-electron chi connectivity index (χ2n) is 5.76. The van der Waals surface area contributed by atoms with Gasteiger partial charge in [0.05, 0.1) is 4.91 Å². The minimum atomic E-state index is 0.157. The van der Waals surface area contributed by atoms with E-state index in [0.29, 0.717) is 0 Å². The van der Waals surface area contributed by atoms with Gasteiger partial charge in [0.25, 0.3) is 5.91 Å². The van der Waals surface area contributed by atoms with Crippen LogP contribution in [0.2, 0.25) is 0 Å². The van der Waals surface area contributed by atoms with Crippen LogP contribution in [0.5, 0.6) is 0 Å². The molecule has 2 aromatic rings. The number of thiophene rings is 1. The predicted octanol–water partition coefficient (Wildman–Crippen LogP) is 4.54. The average Bonchev–Trinajstić information content (AvgIpc) is 3.08. The van der Waals surface area contributed by atoms with Crippen LogP contribution in [-0.4, -0.2) is 12.5 Å². The topological polar surface area (TPSA) is 20.3 Å². The molecule has 0 fully saturated rings. The van der Waals surface area contributed by atoms with Crippen molar-refractivity contribution < 1.29 is 4.79 Å². The number of carbonyl (C=O) groups is 1. The number of para-hydroxylation sites is 1. The van der Waals surface area contributed by atoms with Gasteiger partial charge in [-0.05, 0) is 49.1 Å². The van der Waals surface area contributed by atoms with Crippen LogP contribution in [0.3, 0.4) is 0 Å². The molecule has 0 aliphatic carbocycles. The first-order chi connectivity index (χ1) is 10.6. The molecule has 0 N–H and O–H groups in total. The van der Waals surface area contributed by atoms with E-state index in [0.717, 1.165) is 29.3 Å². The van der Waals surface area contributed by atoms with Crippen LogP contribution in [0.15, 0.2) is 29.2 Å². The molecule has 0 unspecified atom stereocenters. The van der Waals surface area contributed by atoms with E-state index in [1.54, 1.807) is 23.1 Å². The summed E-state index contributed by atoms with van der Waals surface area (Å²) in [7, 11) is 0. The fourth-order valence-corrected chi connectivity index (χ4v) is 5.52. The third-order valence-electron chi connectivity index (χ3n) is 4.52. The number of rotatable bonds is 1. The van der Waals surface area contributed by atoms with E-state index in [9.17, 15) is 4.79 Å². The van der Waals surface area contributed by atoms with Crippen molar-refractivity contribution in [3.05, 3.63) is 55.6 Å². The first kappa shape index (κ1) is 14.1. The first-order valence-electron chi connectivity index (χ1n) is 7.48. The van der Waals surface area contributed by atoms with Crippen molar-refractivity contribution in [2.45, 2.75) is 26.0 Å². The Bertz CT molecular complexity index is 803. The molecular formula is C18H17NOS2. The Hall–Kier alpha value is -1.52. The highest BCUT2D eigenvalue weighted by atomic mass is 32.2. The van der Waals surface area contributed by atoms with E-state index in [4.69, 9.17) is 0 Å². The molecule has 3 heterocycles. The van der Waals surface area contributed by atoms with E-state index in [1.165, 1.54) is 26.4 Å². The highest BCUT2D eigenvalue weighted by Gasteiger charge is 2.29. The van der Waals surface area contributed by atoms with Gasteiger partial charge >= 0.3 is 0 Å². The monoisotopic (exact) mass is 327 g/mol. The summed E-state index contributed by atoms with van der Waals surface area (Å²) in [6.45, 7) is 5.14. The van der Waals surface area contributed by atoms with Crippen LogP contribution in [0.4, 0.5) is 5.69 Å². The lowest BCUT2D eigenvalue weighted by atomic mass is 10.1. The molecular weight excluding hydrogens is 310 g/mol. The Morgan fingerprint density at radius 1 is 1.23 bits per heavy atom. The zero-order valence-electron chi connectivity index (χ0n) is 12.7. The second-order valence-corrected chi connectivity index (χ2v) is 8.03. The molecule has 0 spiro atoms. The Morgan fingerprint density at radius 2 is 2.05 bits per heavy atom. The summed E-state index contributed by atoms with van der Waals surface area (Å²) in [5, 5.41) is 0. The molecule has 0 bridgehead atoms. The number of aryl methyl sites for hydroxylation is 1. The lowest BCUT2D eigenvalue weighted by molar-refractivity contribution is -0.114. The third-order valence-corrected chi connectivity index (χ3v) is 6.75. The molecule has 0 saturated carbocycles. The van der Waals surface area contributed by atoms with Crippen LogP contribution >= 0.6 is 23.1 Å². The van der Waals surface area contributed by atoms with Crippen LogP contribution < -0.4 is 4.90 Å². The van der Waals surface area contributed by atoms with Gasteiger partial charge in [-0.15, -0.1) is 23.1 Å². The number of hydrogen-bond acceptors (Lipinski definition) is 3. The van der Waals surface area contributed by atoms with Crippen molar-refractivity contribution in [1.29, 1.82) is 0 Å². The molecule has 112 valence electrons. The van der Waals surface area contributed by atoms with E-state index in [-0.39, 0.29) is 5.91 Å². The van der Waals surface area contributed by atoms with E-state index < -0.39 is 0 Å². The van der Waals surface area contributed by atoms with Gasteiger partial charge in [-0.2, -0.15) is 0 Å². The van der Waals surface area contributed by atoms with Gasteiger partial charge in [-0.1, -0.05) is 18.2 Å². The first-order valence-corrected chi connectivity index (χ1v) is 9.28. The lowest BCUT2D eigenvalue weighted by Crippen LogP contribution is -2.29. The van der Waals surface area contributed by atoms with Crippen molar-refractivity contribution in [2.24, 2.45) is 0 Å². The molecule has 2 nitrogen and oxygen atoms in total. The SMILES string of the molecule is Cc1sc2c(c1C)CSC(C(=O)N1CCc3ccccc31)=C2. The summed E-state index contributed by atoms with van der Waals surface area (Å²) < 4.78 is 0. The Morgan fingerprint density at radius 3 is 2.91 bits per heavy atom. The average molecular weight is 327 g/mol. The molecule has 2 aliphatic rings. The van der Waals surface area contributed by atoms with Gasteiger partial charge in [0.2, 0.25) is 0 Å². The maximum Gasteiger partial charge on any atom is 0.264 e. The van der Waals surface area contributed by atoms with Crippen molar-refractivity contribution in [3.63, 3.8) is 0 Å². The number of nitrogens with zero attached hydrogens (tertiary/aromatic N) is 1. The number of benzene rings is 1. The second kappa shape index (κ2) is 5.28. The minimum Gasteiger partial charge on any atom is -0.307 e. The fourth-order valence-electron chi connectivity index (χ4n) is 3.11. The molecule has 0 saturated heterocycles. The molecule has 2 aliphatic heterocycles. The third kappa shape index (κ3) is 2.13. The van der Waals surface area contributed by atoms with Crippen LogP contribution in [-0.2, 0) is 17.0 Å². The summed E-state index contributed by atoms with van der Waals surface area (Å²) in [6, 6.07) is 8.23. The molecule has 4 heteroatoms. The van der Waals surface area contributed by atoms with E-state index in [1.807, 2.05) is 17.0 Å². The molecule has 22 heavy (non-hydrogen) atoms. The summed E-state index contributed by atoms with van der Waals surface area (Å²) in [5.41, 5.74) is 5.16. The molecule has 1 amide bonds. The number of hydrogen-bond donors (Lipinski definition) is 0. The number of amides is 1. The molecule has 1 aromatic heterocycles. The maximum atomic E-state index is 12.9. The Kier molecular flexibility index (Phi) is 3.39. The molecule has 1 aromatic carbocycles. The molecule has 4 rings (SSSR count). The van der Waals surface area contributed by atoms with Gasteiger partial charge in [-0.3, -0.25) is 4.79 Å². The zero-order valence-corrected chi connectivity index (χ0v) is 14.3. The van der Waals surface area contributed by atoms with Crippen LogP contribution in [0, 0.1) is 13.8 Å². The normalized spacial score (nSPS) is 16.3. The van der Waals surface area contributed by atoms with Gasteiger partial charge < -0.3 is 4.90 Å². The van der Waals surface area contributed by atoms with E-state index in [2.05, 4.69) is 32.1 Å².